The van der Waals surface area contributed by atoms with Crippen molar-refractivity contribution in [2.75, 3.05) is 68.1 Å². The first-order valence-electron chi connectivity index (χ1n) is 10.5. The van der Waals surface area contributed by atoms with Crippen LogP contribution in [-0.2, 0) is 4.74 Å². The van der Waals surface area contributed by atoms with E-state index in [4.69, 9.17) is 4.74 Å². The Balaban J connectivity index is -0.00000264. The molecular formula is C21H48Cl2N2O. The van der Waals surface area contributed by atoms with Gasteiger partial charge in [-0.2, -0.15) is 0 Å². The summed E-state index contributed by atoms with van der Waals surface area (Å²) in [5, 5.41) is 0. The molecule has 0 atom stereocenters. The van der Waals surface area contributed by atoms with Crippen molar-refractivity contribution in [1.82, 2.24) is 0 Å². The molecule has 0 aromatic rings. The molecule has 0 spiro atoms. The molecule has 0 bridgehead atoms. The molecule has 0 heterocycles. The minimum absolute atomic E-state index is 0. The number of hydrogen-bond acceptors (Lipinski definition) is 1. The molecule has 5 heteroatoms. The maximum atomic E-state index is 5.82. The number of quaternary nitrogens is 2. The van der Waals surface area contributed by atoms with Crippen LogP contribution >= 0.6 is 0 Å². The van der Waals surface area contributed by atoms with Crippen molar-refractivity contribution in [2.24, 2.45) is 0 Å². The zero-order chi connectivity index (χ0) is 18.3. The van der Waals surface area contributed by atoms with Crippen LogP contribution < -0.4 is 24.8 Å². The Morgan fingerprint density at radius 2 is 1.00 bits per heavy atom. The Bertz CT molecular complexity index is 282. The molecule has 0 N–H and O–H groups in total. The van der Waals surface area contributed by atoms with E-state index in [1.807, 2.05) is 0 Å². The molecule has 0 unspecified atom stereocenters. The Labute approximate surface area is 177 Å². The van der Waals surface area contributed by atoms with Gasteiger partial charge in [0, 0.05) is 19.4 Å². The van der Waals surface area contributed by atoms with E-state index in [1.165, 1.54) is 83.8 Å². The third kappa shape index (κ3) is 24.5. The molecule has 0 saturated carbocycles. The van der Waals surface area contributed by atoms with Crippen LogP contribution in [0.4, 0.5) is 0 Å². The van der Waals surface area contributed by atoms with E-state index in [2.05, 4.69) is 42.2 Å². The topological polar surface area (TPSA) is 9.23 Å². The van der Waals surface area contributed by atoms with Gasteiger partial charge in [-0.15, -0.1) is 0 Å². The van der Waals surface area contributed by atoms with E-state index in [1.54, 1.807) is 0 Å². The summed E-state index contributed by atoms with van der Waals surface area (Å²) in [7, 11) is 11.5. The maximum Gasteiger partial charge on any atom is 0.0836 e. The highest BCUT2D eigenvalue weighted by molar-refractivity contribution is 4.46. The molecule has 0 saturated heterocycles. The predicted molar refractivity (Wildman–Crippen MR) is 107 cm³/mol. The van der Waals surface area contributed by atoms with Gasteiger partial charge in [0.2, 0.25) is 0 Å². The van der Waals surface area contributed by atoms with Crippen LogP contribution in [0.1, 0.15) is 71.1 Å². The fourth-order valence-electron chi connectivity index (χ4n) is 3.12. The Hall–Kier alpha value is 0.460. The van der Waals surface area contributed by atoms with E-state index < -0.39 is 0 Å². The van der Waals surface area contributed by atoms with Crippen LogP contribution in [0.15, 0.2) is 0 Å². The predicted octanol–water partition coefficient (Wildman–Crippen LogP) is -1.29. The molecule has 0 rings (SSSR count). The van der Waals surface area contributed by atoms with Gasteiger partial charge < -0.3 is 38.5 Å². The lowest BCUT2D eigenvalue weighted by Crippen LogP contribution is -3.00. The van der Waals surface area contributed by atoms with E-state index in [-0.39, 0.29) is 24.8 Å². The summed E-state index contributed by atoms with van der Waals surface area (Å²) < 4.78 is 8.02. The van der Waals surface area contributed by atoms with Crippen molar-refractivity contribution in [1.29, 1.82) is 0 Å². The number of nitrogens with zero attached hydrogens (tertiary/aromatic N) is 2. The summed E-state index contributed by atoms with van der Waals surface area (Å²) in [6.45, 7) is 7.94. The van der Waals surface area contributed by atoms with Gasteiger partial charge in [-0.1, -0.05) is 51.9 Å². The summed E-state index contributed by atoms with van der Waals surface area (Å²) in [5.74, 6) is 0. The maximum absolute atomic E-state index is 5.82. The molecule has 0 aromatic heterocycles. The summed E-state index contributed by atoms with van der Waals surface area (Å²) in [6, 6.07) is 0. The first-order valence-corrected chi connectivity index (χ1v) is 10.5. The van der Waals surface area contributed by atoms with E-state index >= 15 is 0 Å². The molecule has 0 amide bonds. The monoisotopic (exact) mass is 414 g/mol. The first kappa shape index (κ1) is 31.2. The zero-order valence-electron chi connectivity index (χ0n) is 18.7. The number of hydrogen-bond donors (Lipinski definition) is 0. The molecular weight excluding hydrogens is 367 g/mol. The second kappa shape index (κ2) is 18.8. The van der Waals surface area contributed by atoms with Crippen LogP contribution in [0.2, 0.25) is 0 Å². The van der Waals surface area contributed by atoms with Crippen molar-refractivity contribution in [2.45, 2.75) is 71.1 Å². The number of halogens is 2. The molecule has 0 radical (unpaired) electrons. The number of ether oxygens (including phenoxy) is 1. The van der Waals surface area contributed by atoms with Crippen LogP contribution in [0, 0.1) is 0 Å². The summed E-state index contributed by atoms with van der Waals surface area (Å²) in [5.41, 5.74) is 0. The van der Waals surface area contributed by atoms with E-state index in [0.29, 0.717) is 0 Å². The molecule has 0 aliphatic rings. The van der Waals surface area contributed by atoms with Gasteiger partial charge in [-0.25, -0.2) is 0 Å². The normalized spacial score (nSPS) is 11.8. The lowest BCUT2D eigenvalue weighted by Gasteiger charge is -2.31. The lowest BCUT2D eigenvalue weighted by molar-refractivity contribution is -0.902. The molecule has 0 aliphatic heterocycles. The fourth-order valence-corrected chi connectivity index (χ4v) is 3.12. The number of unbranched alkanes of at least 4 members (excludes halogenated alkanes) is 7. The first-order chi connectivity index (χ1) is 11.3. The fraction of sp³-hybridized carbons (Fsp3) is 1.00. The SMILES string of the molecule is CCCCCCCCCCOCCC[N+](C)(C)CCC[N+](C)(C)C.[Cl-].[Cl-]. The summed E-state index contributed by atoms with van der Waals surface area (Å²) in [4.78, 5) is 0. The second-order valence-electron chi connectivity index (χ2n) is 9.19. The van der Waals surface area contributed by atoms with Crippen LogP contribution in [0.3, 0.4) is 0 Å². The van der Waals surface area contributed by atoms with E-state index in [0.717, 1.165) is 22.2 Å². The molecule has 0 fully saturated rings. The van der Waals surface area contributed by atoms with Gasteiger partial charge in [0.25, 0.3) is 0 Å². The highest BCUT2D eigenvalue weighted by Crippen LogP contribution is 2.08. The van der Waals surface area contributed by atoms with Gasteiger partial charge in [0.05, 0.1) is 61.5 Å². The minimum Gasteiger partial charge on any atom is -1.00 e. The van der Waals surface area contributed by atoms with Gasteiger partial charge in [-0.05, 0) is 6.42 Å². The average molecular weight is 416 g/mol. The standard InChI is InChI=1S/C21H48N2O.2ClH/c1-7-8-9-10-11-12-13-14-20-24-21-16-19-23(5,6)18-15-17-22(2,3)4;;/h7-21H2,1-6H3;2*1H/q+2;;/p-2. The molecule has 0 aromatic carbocycles. The van der Waals surface area contributed by atoms with Crippen molar-refractivity contribution >= 4 is 0 Å². The second-order valence-corrected chi connectivity index (χ2v) is 9.19. The van der Waals surface area contributed by atoms with E-state index in [9.17, 15) is 0 Å². The lowest BCUT2D eigenvalue weighted by atomic mass is 10.1. The van der Waals surface area contributed by atoms with Crippen LogP contribution in [0.25, 0.3) is 0 Å². The molecule has 162 valence electrons. The van der Waals surface area contributed by atoms with Crippen molar-refractivity contribution < 1.29 is 38.5 Å². The average Bonchev–Trinajstić information content (AvgIpc) is 2.46. The smallest absolute Gasteiger partial charge is 0.0836 e. The summed E-state index contributed by atoms with van der Waals surface area (Å²) >= 11 is 0. The van der Waals surface area contributed by atoms with Gasteiger partial charge >= 0.3 is 0 Å². The number of rotatable bonds is 17. The van der Waals surface area contributed by atoms with Crippen molar-refractivity contribution in [3.05, 3.63) is 0 Å². The third-order valence-electron chi connectivity index (χ3n) is 4.79. The molecule has 3 nitrogen and oxygen atoms in total. The van der Waals surface area contributed by atoms with Crippen molar-refractivity contribution in [3.63, 3.8) is 0 Å². The largest absolute Gasteiger partial charge is 1.00 e. The zero-order valence-corrected chi connectivity index (χ0v) is 20.2. The van der Waals surface area contributed by atoms with Gasteiger partial charge in [0.15, 0.2) is 0 Å². The Morgan fingerprint density at radius 1 is 0.538 bits per heavy atom. The van der Waals surface area contributed by atoms with Crippen molar-refractivity contribution in [3.8, 4) is 0 Å². The highest BCUT2D eigenvalue weighted by Gasteiger charge is 2.16. The third-order valence-corrected chi connectivity index (χ3v) is 4.79. The summed E-state index contributed by atoms with van der Waals surface area (Å²) in [6.07, 6.45) is 13.5. The van der Waals surface area contributed by atoms with Gasteiger partial charge in [-0.3, -0.25) is 0 Å². The van der Waals surface area contributed by atoms with Gasteiger partial charge in [0.1, 0.15) is 0 Å². The quantitative estimate of drug-likeness (QED) is 0.212. The molecule has 0 aliphatic carbocycles. The van der Waals surface area contributed by atoms with Crippen LogP contribution in [-0.4, -0.2) is 77.1 Å². The highest BCUT2D eigenvalue weighted by atomic mass is 35.5. The van der Waals surface area contributed by atoms with Crippen LogP contribution in [0.5, 0.6) is 0 Å². The Kier molecular flexibility index (Phi) is 22.5. The minimum atomic E-state index is 0. The molecule has 26 heavy (non-hydrogen) atoms. The Morgan fingerprint density at radius 3 is 1.54 bits per heavy atom.